The zero-order valence-electron chi connectivity index (χ0n) is 8.44. The molecular weight excluding hydrogens is 301 g/mol. The van der Waals surface area contributed by atoms with Gasteiger partial charge in [-0.1, -0.05) is 15.9 Å². The molecule has 0 spiro atoms. The minimum absolute atomic E-state index is 0.284. The topological polar surface area (TPSA) is 41.1 Å². The minimum Gasteiger partial charge on any atom is -0.336 e. The highest BCUT2D eigenvalue weighted by Gasteiger charge is 2.32. The van der Waals surface area contributed by atoms with Crippen LogP contribution in [0, 0.1) is 0 Å². The van der Waals surface area contributed by atoms with Crippen LogP contribution in [0.1, 0.15) is 17.2 Å². The lowest BCUT2D eigenvalue weighted by Crippen LogP contribution is -2.22. The van der Waals surface area contributed by atoms with Crippen molar-refractivity contribution in [2.75, 3.05) is 6.54 Å². The van der Waals surface area contributed by atoms with E-state index in [0.29, 0.717) is 10.0 Å². The zero-order valence-corrected chi connectivity index (χ0v) is 10.0. The van der Waals surface area contributed by atoms with Crippen LogP contribution in [0.3, 0.4) is 0 Å². The van der Waals surface area contributed by atoms with Gasteiger partial charge < -0.3 is 10.6 Å². The number of halogens is 4. The fraction of sp³-hybridized carbons (Fsp3) is 0.300. The van der Waals surface area contributed by atoms with E-state index in [1.165, 1.54) is 0 Å². The van der Waals surface area contributed by atoms with Crippen LogP contribution in [0.15, 0.2) is 22.7 Å². The van der Waals surface area contributed by atoms with E-state index in [4.69, 9.17) is 0 Å². The Morgan fingerprint density at radius 3 is 2.53 bits per heavy atom. The first-order valence-electron chi connectivity index (χ1n) is 4.78. The number of hydrogen-bond donors (Lipinski definition) is 2. The summed E-state index contributed by atoms with van der Waals surface area (Å²) in [6.45, 7) is 0.284. The fourth-order valence-corrected chi connectivity index (χ4v) is 2.14. The number of rotatable bonds is 1. The summed E-state index contributed by atoms with van der Waals surface area (Å²) in [5.74, 6) is 0. The van der Waals surface area contributed by atoms with Gasteiger partial charge in [-0.25, -0.2) is 4.79 Å². The molecule has 0 bridgehead atoms. The molecule has 1 atom stereocenters. The van der Waals surface area contributed by atoms with Crippen molar-refractivity contribution in [1.82, 2.24) is 10.6 Å². The van der Waals surface area contributed by atoms with Gasteiger partial charge in [0, 0.05) is 11.0 Å². The molecule has 0 radical (unpaired) electrons. The summed E-state index contributed by atoms with van der Waals surface area (Å²) in [4.78, 5) is 10.9. The first-order chi connectivity index (χ1) is 7.86. The maximum atomic E-state index is 12.6. The second kappa shape index (κ2) is 4.21. The van der Waals surface area contributed by atoms with Crippen LogP contribution in [0.25, 0.3) is 0 Å². The van der Waals surface area contributed by atoms with Gasteiger partial charge in [-0.3, -0.25) is 0 Å². The molecule has 2 amide bonds. The summed E-state index contributed by atoms with van der Waals surface area (Å²) >= 11 is 3.03. The Balaban J connectivity index is 2.35. The van der Waals surface area contributed by atoms with E-state index in [-0.39, 0.29) is 12.6 Å². The fourth-order valence-electron chi connectivity index (χ4n) is 1.63. The monoisotopic (exact) mass is 308 g/mol. The Labute approximate surface area is 104 Å². The number of nitrogens with one attached hydrogen (secondary N) is 2. The van der Waals surface area contributed by atoms with Gasteiger partial charge in [0.05, 0.1) is 11.6 Å². The number of urea groups is 1. The molecule has 1 fully saturated rings. The van der Waals surface area contributed by atoms with Crippen molar-refractivity contribution in [3.63, 3.8) is 0 Å². The number of carbonyl (C=O) groups is 1. The summed E-state index contributed by atoms with van der Waals surface area (Å²) < 4.78 is 38.1. The van der Waals surface area contributed by atoms with Crippen LogP contribution in [-0.4, -0.2) is 12.6 Å². The van der Waals surface area contributed by atoms with E-state index in [1.54, 1.807) is 6.07 Å². The van der Waals surface area contributed by atoms with E-state index in [2.05, 4.69) is 26.6 Å². The molecule has 0 aromatic heterocycles. The van der Waals surface area contributed by atoms with Crippen molar-refractivity contribution in [1.29, 1.82) is 0 Å². The third-order valence-electron chi connectivity index (χ3n) is 2.42. The van der Waals surface area contributed by atoms with Crippen molar-refractivity contribution in [2.45, 2.75) is 12.2 Å². The lowest BCUT2D eigenvalue weighted by Gasteiger charge is -2.13. The van der Waals surface area contributed by atoms with Crippen LogP contribution >= 0.6 is 15.9 Å². The summed E-state index contributed by atoms with van der Waals surface area (Å²) in [6, 6.07) is 2.81. The van der Waals surface area contributed by atoms with Crippen LogP contribution in [-0.2, 0) is 6.18 Å². The molecular formula is C10H8BrF3N2O. The van der Waals surface area contributed by atoms with Gasteiger partial charge in [-0.05, 0) is 23.8 Å². The minimum atomic E-state index is -4.39. The predicted octanol–water partition coefficient (Wildman–Crippen LogP) is 2.82. The highest BCUT2D eigenvalue weighted by Crippen LogP contribution is 2.33. The number of alkyl halides is 3. The third kappa shape index (κ3) is 2.71. The molecule has 3 nitrogen and oxygen atoms in total. The van der Waals surface area contributed by atoms with Crippen molar-refractivity contribution in [2.24, 2.45) is 0 Å². The van der Waals surface area contributed by atoms with Crippen molar-refractivity contribution >= 4 is 22.0 Å². The van der Waals surface area contributed by atoms with Gasteiger partial charge >= 0.3 is 12.2 Å². The Morgan fingerprint density at radius 1 is 1.29 bits per heavy atom. The molecule has 1 heterocycles. The Kier molecular flexibility index (Phi) is 3.03. The molecule has 1 aromatic rings. The Morgan fingerprint density at radius 2 is 2.00 bits per heavy atom. The highest BCUT2D eigenvalue weighted by atomic mass is 79.9. The number of amides is 2. The summed E-state index contributed by atoms with van der Waals surface area (Å²) in [5.41, 5.74) is -0.312. The molecule has 1 aliphatic heterocycles. The van der Waals surface area contributed by atoms with Gasteiger partial charge in [0.2, 0.25) is 0 Å². The Bertz CT molecular complexity index is 461. The highest BCUT2D eigenvalue weighted by molar-refractivity contribution is 9.10. The summed E-state index contributed by atoms with van der Waals surface area (Å²) in [7, 11) is 0. The molecule has 0 aliphatic carbocycles. The van der Waals surface area contributed by atoms with Crippen LogP contribution < -0.4 is 10.6 Å². The molecule has 2 N–H and O–H groups in total. The van der Waals surface area contributed by atoms with Gasteiger partial charge in [-0.15, -0.1) is 0 Å². The van der Waals surface area contributed by atoms with Crippen LogP contribution in [0.4, 0.5) is 18.0 Å². The second-order valence-electron chi connectivity index (χ2n) is 3.68. The molecule has 1 aliphatic rings. The molecule has 92 valence electrons. The molecule has 0 saturated carbocycles. The van der Waals surface area contributed by atoms with Gasteiger partial charge in [0.15, 0.2) is 0 Å². The molecule has 0 unspecified atom stereocenters. The van der Waals surface area contributed by atoms with Crippen molar-refractivity contribution in [3.05, 3.63) is 33.8 Å². The van der Waals surface area contributed by atoms with Crippen molar-refractivity contribution in [3.8, 4) is 0 Å². The average Bonchev–Trinajstić information content (AvgIpc) is 2.62. The zero-order chi connectivity index (χ0) is 12.6. The largest absolute Gasteiger partial charge is 0.416 e. The lowest BCUT2D eigenvalue weighted by atomic mass is 10.0. The van der Waals surface area contributed by atoms with Gasteiger partial charge in [0.25, 0.3) is 0 Å². The van der Waals surface area contributed by atoms with E-state index < -0.39 is 17.8 Å². The van der Waals surface area contributed by atoms with E-state index in [9.17, 15) is 18.0 Å². The SMILES string of the molecule is O=C1NC[C@@H](c2cc(Br)cc(C(F)(F)F)c2)N1. The van der Waals surface area contributed by atoms with Gasteiger partial charge in [-0.2, -0.15) is 13.2 Å². The maximum absolute atomic E-state index is 12.6. The van der Waals surface area contributed by atoms with E-state index in [1.807, 2.05) is 0 Å². The number of benzene rings is 1. The predicted molar refractivity (Wildman–Crippen MR) is 58.4 cm³/mol. The lowest BCUT2D eigenvalue weighted by molar-refractivity contribution is -0.137. The number of carbonyl (C=O) groups excluding carboxylic acids is 1. The summed E-state index contributed by atoms with van der Waals surface area (Å²) in [5, 5.41) is 5.04. The van der Waals surface area contributed by atoms with E-state index in [0.717, 1.165) is 12.1 Å². The normalized spacial score (nSPS) is 20.0. The Hall–Kier alpha value is -1.24. The smallest absolute Gasteiger partial charge is 0.336 e. The van der Waals surface area contributed by atoms with Gasteiger partial charge in [0.1, 0.15) is 0 Å². The first-order valence-corrected chi connectivity index (χ1v) is 5.57. The standard InChI is InChI=1S/C10H8BrF3N2O/c11-7-2-5(8-4-15-9(17)16-8)1-6(3-7)10(12,13)14/h1-3,8H,4H2,(H2,15,16,17)/t8-/m0/s1. The van der Waals surface area contributed by atoms with Crippen LogP contribution in [0.5, 0.6) is 0 Å². The molecule has 1 saturated heterocycles. The quantitative estimate of drug-likeness (QED) is 0.823. The number of hydrogen-bond acceptors (Lipinski definition) is 1. The van der Waals surface area contributed by atoms with E-state index >= 15 is 0 Å². The molecule has 17 heavy (non-hydrogen) atoms. The molecule has 2 rings (SSSR count). The van der Waals surface area contributed by atoms with Crippen LogP contribution in [0.2, 0.25) is 0 Å². The third-order valence-corrected chi connectivity index (χ3v) is 2.88. The second-order valence-corrected chi connectivity index (χ2v) is 4.59. The summed E-state index contributed by atoms with van der Waals surface area (Å²) in [6.07, 6.45) is -4.39. The average molecular weight is 309 g/mol. The first kappa shape index (κ1) is 12.2. The van der Waals surface area contributed by atoms with Crippen molar-refractivity contribution < 1.29 is 18.0 Å². The molecule has 7 heteroatoms. The maximum Gasteiger partial charge on any atom is 0.416 e. The molecule has 1 aromatic carbocycles.